The van der Waals surface area contributed by atoms with Crippen molar-refractivity contribution in [1.82, 2.24) is 10.7 Å². The smallest absolute Gasteiger partial charge is 0.181 e. The van der Waals surface area contributed by atoms with Gasteiger partial charge in [0.1, 0.15) is 0 Å². The standard InChI is InChI=1S/C11H21N3S/c1-10(2)7-4-5-8(6-7)11(10,3)13-9(15)14-12/h7-8H,4-6,12H2,1-3H3,(H2,13,14,15)/t7-,8-,11-/m1/s1. The number of nitrogens with two attached hydrogens (primary N) is 1. The quantitative estimate of drug-likeness (QED) is 0.361. The molecule has 4 N–H and O–H groups in total. The molecule has 0 aromatic heterocycles. The third-order valence-electron chi connectivity index (χ3n) is 5.11. The van der Waals surface area contributed by atoms with Crippen LogP contribution in [0.1, 0.15) is 40.0 Å². The van der Waals surface area contributed by atoms with E-state index in [0.717, 1.165) is 11.8 Å². The van der Waals surface area contributed by atoms with E-state index in [1.54, 1.807) is 0 Å². The van der Waals surface area contributed by atoms with Crippen molar-refractivity contribution in [3.63, 3.8) is 0 Å². The molecule has 2 saturated carbocycles. The van der Waals surface area contributed by atoms with E-state index in [1.807, 2.05) is 0 Å². The summed E-state index contributed by atoms with van der Waals surface area (Å²) in [5, 5.41) is 3.99. The van der Waals surface area contributed by atoms with E-state index in [9.17, 15) is 0 Å². The Morgan fingerprint density at radius 1 is 1.27 bits per heavy atom. The minimum absolute atomic E-state index is 0.0966. The van der Waals surface area contributed by atoms with Crippen molar-refractivity contribution in [2.24, 2.45) is 23.1 Å². The second-order valence-corrected chi connectivity index (χ2v) is 6.14. The first-order valence-electron chi connectivity index (χ1n) is 5.70. The minimum Gasteiger partial charge on any atom is -0.356 e. The number of nitrogens with one attached hydrogen (secondary N) is 2. The lowest BCUT2D eigenvalue weighted by molar-refractivity contribution is 0.0833. The first-order chi connectivity index (χ1) is 6.91. The lowest BCUT2D eigenvalue weighted by atomic mass is 9.64. The van der Waals surface area contributed by atoms with E-state index < -0.39 is 0 Å². The Labute approximate surface area is 97.1 Å². The Kier molecular flexibility index (Phi) is 2.47. The van der Waals surface area contributed by atoms with Crippen molar-refractivity contribution < 1.29 is 0 Å². The van der Waals surface area contributed by atoms with E-state index in [2.05, 4.69) is 31.5 Å². The summed E-state index contributed by atoms with van der Waals surface area (Å²) >= 11 is 5.13. The van der Waals surface area contributed by atoms with Gasteiger partial charge >= 0.3 is 0 Å². The SMILES string of the molecule is CC1(C)[C@@H]2CC[C@H](C2)[C@@]1(C)NC(=S)NN. The normalized spacial score (nSPS) is 41.6. The van der Waals surface area contributed by atoms with E-state index in [4.69, 9.17) is 18.1 Å². The van der Waals surface area contributed by atoms with Gasteiger partial charge in [-0.15, -0.1) is 0 Å². The van der Waals surface area contributed by atoms with Gasteiger partial charge in [-0.25, -0.2) is 5.84 Å². The lowest BCUT2D eigenvalue weighted by Crippen LogP contribution is -2.61. The van der Waals surface area contributed by atoms with Crippen LogP contribution in [-0.2, 0) is 0 Å². The van der Waals surface area contributed by atoms with Gasteiger partial charge in [-0.05, 0) is 55.7 Å². The average molecular weight is 227 g/mol. The van der Waals surface area contributed by atoms with Gasteiger partial charge in [0.05, 0.1) is 0 Å². The summed E-state index contributed by atoms with van der Waals surface area (Å²) in [6.45, 7) is 6.99. The number of hydrogen-bond donors (Lipinski definition) is 3. The topological polar surface area (TPSA) is 50.1 Å². The Hall–Kier alpha value is -0.350. The minimum atomic E-state index is 0.0966. The second kappa shape index (κ2) is 3.32. The van der Waals surface area contributed by atoms with Crippen LogP contribution in [-0.4, -0.2) is 10.7 Å². The number of fused-ring (bicyclic) bond motifs is 2. The number of hydrazine groups is 1. The summed E-state index contributed by atoms with van der Waals surface area (Å²) < 4.78 is 0. The molecule has 2 bridgehead atoms. The first kappa shape index (κ1) is 11.1. The highest BCUT2D eigenvalue weighted by Gasteiger charge is 2.60. The average Bonchev–Trinajstić information content (AvgIpc) is 2.70. The second-order valence-electron chi connectivity index (χ2n) is 5.73. The molecule has 3 nitrogen and oxygen atoms in total. The lowest BCUT2D eigenvalue weighted by Gasteiger charge is -2.48. The Morgan fingerprint density at radius 3 is 2.33 bits per heavy atom. The fourth-order valence-corrected chi connectivity index (χ4v) is 3.86. The Morgan fingerprint density at radius 2 is 1.87 bits per heavy atom. The van der Waals surface area contributed by atoms with Crippen molar-refractivity contribution >= 4 is 17.3 Å². The van der Waals surface area contributed by atoms with Crippen LogP contribution in [0.2, 0.25) is 0 Å². The van der Waals surface area contributed by atoms with E-state index in [-0.39, 0.29) is 5.54 Å². The van der Waals surface area contributed by atoms with Crippen LogP contribution in [0.25, 0.3) is 0 Å². The van der Waals surface area contributed by atoms with Gasteiger partial charge < -0.3 is 10.7 Å². The molecule has 0 saturated heterocycles. The molecular formula is C11H21N3S. The molecule has 2 aliphatic rings. The molecule has 0 heterocycles. The molecule has 0 amide bonds. The van der Waals surface area contributed by atoms with Crippen molar-refractivity contribution in [3.05, 3.63) is 0 Å². The van der Waals surface area contributed by atoms with Gasteiger partial charge in [-0.2, -0.15) is 0 Å². The van der Waals surface area contributed by atoms with Crippen molar-refractivity contribution in [3.8, 4) is 0 Å². The Bertz CT molecular complexity index is 290. The molecule has 0 aliphatic heterocycles. The summed E-state index contributed by atoms with van der Waals surface area (Å²) in [5.41, 5.74) is 2.93. The van der Waals surface area contributed by atoms with Gasteiger partial charge in [0.15, 0.2) is 5.11 Å². The molecule has 4 heteroatoms. The Balaban J connectivity index is 2.23. The molecule has 2 aliphatic carbocycles. The molecule has 86 valence electrons. The maximum atomic E-state index is 5.34. The van der Waals surface area contributed by atoms with Crippen LogP contribution in [0.3, 0.4) is 0 Å². The predicted octanol–water partition coefficient (Wildman–Crippen LogP) is 1.54. The van der Waals surface area contributed by atoms with Crippen LogP contribution in [0, 0.1) is 17.3 Å². The van der Waals surface area contributed by atoms with Gasteiger partial charge in [-0.3, -0.25) is 0 Å². The van der Waals surface area contributed by atoms with E-state index in [0.29, 0.717) is 10.5 Å². The summed E-state index contributed by atoms with van der Waals surface area (Å²) in [5.74, 6) is 6.92. The molecule has 0 aromatic carbocycles. The monoisotopic (exact) mass is 227 g/mol. The van der Waals surface area contributed by atoms with Crippen LogP contribution >= 0.6 is 12.2 Å². The third-order valence-corrected chi connectivity index (χ3v) is 5.33. The number of hydrogen-bond acceptors (Lipinski definition) is 2. The van der Waals surface area contributed by atoms with Crippen LogP contribution in [0.15, 0.2) is 0 Å². The molecular weight excluding hydrogens is 206 g/mol. The zero-order valence-corrected chi connectivity index (χ0v) is 10.6. The zero-order valence-electron chi connectivity index (χ0n) is 9.76. The van der Waals surface area contributed by atoms with Gasteiger partial charge in [-0.1, -0.05) is 13.8 Å². The van der Waals surface area contributed by atoms with Crippen molar-refractivity contribution in [2.75, 3.05) is 0 Å². The molecule has 15 heavy (non-hydrogen) atoms. The first-order valence-corrected chi connectivity index (χ1v) is 6.11. The molecule has 2 fully saturated rings. The van der Waals surface area contributed by atoms with Crippen LogP contribution < -0.4 is 16.6 Å². The molecule has 3 atom stereocenters. The summed E-state index contributed by atoms with van der Waals surface area (Å²) in [7, 11) is 0. The van der Waals surface area contributed by atoms with Gasteiger partial charge in [0, 0.05) is 5.54 Å². The fourth-order valence-electron chi connectivity index (χ4n) is 3.65. The molecule has 2 rings (SSSR count). The third kappa shape index (κ3) is 1.38. The highest BCUT2D eigenvalue weighted by Crippen LogP contribution is 2.61. The van der Waals surface area contributed by atoms with Gasteiger partial charge in [0.2, 0.25) is 0 Å². The van der Waals surface area contributed by atoms with Crippen molar-refractivity contribution in [2.45, 2.75) is 45.6 Å². The molecule has 0 aromatic rings. The van der Waals surface area contributed by atoms with E-state index in [1.165, 1.54) is 19.3 Å². The number of thiocarbonyl (C=S) groups is 1. The summed E-state index contributed by atoms with van der Waals surface area (Å²) in [4.78, 5) is 0. The summed E-state index contributed by atoms with van der Waals surface area (Å²) in [6, 6.07) is 0. The maximum absolute atomic E-state index is 5.34. The predicted molar refractivity (Wildman–Crippen MR) is 66.1 cm³/mol. The molecule has 0 spiro atoms. The highest BCUT2D eigenvalue weighted by atomic mass is 32.1. The molecule has 0 radical (unpaired) electrons. The summed E-state index contributed by atoms with van der Waals surface area (Å²) in [6.07, 6.45) is 4.03. The van der Waals surface area contributed by atoms with Crippen LogP contribution in [0.5, 0.6) is 0 Å². The van der Waals surface area contributed by atoms with Crippen molar-refractivity contribution in [1.29, 1.82) is 0 Å². The number of rotatable bonds is 1. The van der Waals surface area contributed by atoms with Crippen LogP contribution in [0.4, 0.5) is 0 Å². The highest BCUT2D eigenvalue weighted by molar-refractivity contribution is 7.80. The van der Waals surface area contributed by atoms with Gasteiger partial charge in [0.25, 0.3) is 0 Å². The maximum Gasteiger partial charge on any atom is 0.181 e. The largest absolute Gasteiger partial charge is 0.356 e. The van der Waals surface area contributed by atoms with E-state index >= 15 is 0 Å². The molecule has 0 unspecified atom stereocenters. The fraction of sp³-hybridized carbons (Fsp3) is 0.909. The zero-order chi connectivity index (χ0) is 11.3.